The third-order valence-corrected chi connectivity index (χ3v) is 4.16. The molecule has 2 rings (SSSR count). The molecule has 0 amide bonds. The second-order valence-corrected chi connectivity index (χ2v) is 5.83. The van der Waals surface area contributed by atoms with E-state index in [1.807, 2.05) is 0 Å². The minimum atomic E-state index is -4.29. The molecule has 0 spiro atoms. The maximum Gasteiger partial charge on any atom is 0.296 e. The summed E-state index contributed by atoms with van der Waals surface area (Å²) in [7, 11) is -4.29. The van der Waals surface area contributed by atoms with E-state index in [9.17, 15) is 28.6 Å². The maximum absolute atomic E-state index is 12.3. The monoisotopic (exact) mass is 312 g/mol. The lowest BCUT2D eigenvalue weighted by atomic mass is 10.3. The van der Waals surface area contributed by atoms with Crippen LogP contribution in [-0.2, 0) is 10.0 Å². The summed E-state index contributed by atoms with van der Waals surface area (Å²) < 4.78 is 25.1. The zero-order valence-corrected chi connectivity index (χ0v) is 11.3. The summed E-state index contributed by atoms with van der Waals surface area (Å²) in [6.45, 7) is 1.60. The molecule has 0 aliphatic rings. The smallest absolute Gasteiger partial charge is 0.258 e. The molecular formula is C10H8N4O6S. The van der Waals surface area contributed by atoms with Crippen molar-refractivity contribution in [1.29, 1.82) is 0 Å². The van der Waals surface area contributed by atoms with Crippen LogP contribution in [0, 0.1) is 27.2 Å². The third-order valence-electron chi connectivity index (χ3n) is 2.56. The average Bonchev–Trinajstić information content (AvgIpc) is 2.85. The zero-order valence-electron chi connectivity index (χ0n) is 10.5. The largest absolute Gasteiger partial charge is 0.296 e. The van der Waals surface area contributed by atoms with Gasteiger partial charge in [-0.2, -0.15) is 17.6 Å². The van der Waals surface area contributed by atoms with Crippen molar-refractivity contribution in [1.82, 2.24) is 9.19 Å². The molecule has 0 fully saturated rings. The van der Waals surface area contributed by atoms with Gasteiger partial charge in [-0.15, -0.1) is 0 Å². The highest BCUT2D eigenvalue weighted by atomic mass is 32.2. The fourth-order valence-corrected chi connectivity index (χ4v) is 2.92. The third kappa shape index (κ3) is 2.58. The SMILES string of the molecule is Cc1cnn(S(=O)(=O)c2ccc([N+](=O)[O-])cc2[N+](=O)[O-])c1. The van der Waals surface area contributed by atoms with Gasteiger partial charge in [-0.1, -0.05) is 0 Å². The quantitative estimate of drug-likeness (QED) is 0.611. The summed E-state index contributed by atoms with van der Waals surface area (Å²) in [5, 5.41) is 25.2. The standard InChI is InChI=1S/C10H8N4O6S/c1-7-5-11-12(6-7)21(19,20)10-3-2-8(13(15)16)4-9(10)14(17)18/h2-6H,1H3. The van der Waals surface area contributed by atoms with Gasteiger partial charge in [-0.3, -0.25) is 20.2 Å². The second kappa shape index (κ2) is 4.94. The molecule has 0 unspecified atom stereocenters. The van der Waals surface area contributed by atoms with Gasteiger partial charge >= 0.3 is 0 Å². The normalized spacial score (nSPS) is 11.3. The fourth-order valence-electron chi connectivity index (χ4n) is 1.60. The molecule has 0 N–H and O–H groups in total. The van der Waals surface area contributed by atoms with Crippen molar-refractivity contribution < 1.29 is 18.3 Å². The van der Waals surface area contributed by atoms with E-state index in [2.05, 4.69) is 5.10 Å². The summed E-state index contributed by atoms with van der Waals surface area (Å²) in [5.74, 6) is 0. The van der Waals surface area contributed by atoms with Crippen LogP contribution in [0.15, 0.2) is 35.5 Å². The minimum absolute atomic E-state index is 0.545. The molecule has 0 saturated carbocycles. The highest BCUT2D eigenvalue weighted by molar-refractivity contribution is 7.90. The minimum Gasteiger partial charge on any atom is -0.258 e. The predicted octanol–water partition coefficient (Wildman–Crippen LogP) is 1.24. The van der Waals surface area contributed by atoms with Crippen molar-refractivity contribution in [2.45, 2.75) is 11.8 Å². The van der Waals surface area contributed by atoms with Crippen LogP contribution < -0.4 is 0 Å². The Morgan fingerprint density at radius 3 is 2.33 bits per heavy atom. The summed E-state index contributed by atoms with van der Waals surface area (Å²) >= 11 is 0. The molecule has 1 aromatic carbocycles. The number of benzene rings is 1. The first-order chi connectivity index (χ1) is 9.73. The summed E-state index contributed by atoms with van der Waals surface area (Å²) in [6, 6.07) is 2.31. The molecule has 110 valence electrons. The number of aromatic nitrogens is 2. The first-order valence-electron chi connectivity index (χ1n) is 5.43. The van der Waals surface area contributed by atoms with E-state index >= 15 is 0 Å². The Kier molecular flexibility index (Phi) is 3.43. The van der Waals surface area contributed by atoms with Crippen LogP contribution in [0.25, 0.3) is 0 Å². The summed E-state index contributed by atoms with van der Waals surface area (Å²) in [5.41, 5.74) is -0.905. The van der Waals surface area contributed by atoms with Crippen molar-refractivity contribution in [3.63, 3.8) is 0 Å². The van der Waals surface area contributed by atoms with Gasteiger partial charge in [0.25, 0.3) is 21.4 Å². The first kappa shape index (κ1) is 14.6. The van der Waals surface area contributed by atoms with Crippen molar-refractivity contribution in [2.75, 3.05) is 0 Å². The average molecular weight is 312 g/mol. The number of nitro benzene ring substituents is 2. The number of aryl methyl sites for hydroxylation is 1. The lowest BCUT2D eigenvalue weighted by molar-refractivity contribution is -0.396. The molecule has 1 heterocycles. The van der Waals surface area contributed by atoms with Gasteiger partial charge in [0, 0.05) is 12.3 Å². The Hall–Kier alpha value is -2.82. The molecule has 10 nitrogen and oxygen atoms in total. The fraction of sp³-hybridized carbons (Fsp3) is 0.100. The molecule has 0 bridgehead atoms. The molecular weight excluding hydrogens is 304 g/mol. The van der Waals surface area contributed by atoms with Crippen LogP contribution in [0.3, 0.4) is 0 Å². The van der Waals surface area contributed by atoms with Crippen molar-refractivity contribution in [2.24, 2.45) is 0 Å². The van der Waals surface area contributed by atoms with E-state index in [1.54, 1.807) is 6.92 Å². The Labute approximate surface area is 118 Å². The summed E-state index contributed by atoms with van der Waals surface area (Å²) in [6.07, 6.45) is 2.45. The maximum atomic E-state index is 12.3. The predicted molar refractivity (Wildman–Crippen MR) is 69.3 cm³/mol. The van der Waals surface area contributed by atoms with Crippen LogP contribution in [0.2, 0.25) is 0 Å². The number of hydrogen-bond donors (Lipinski definition) is 0. The molecule has 11 heteroatoms. The van der Waals surface area contributed by atoms with E-state index < -0.39 is 36.1 Å². The molecule has 1 aromatic heterocycles. The molecule has 0 aliphatic carbocycles. The summed E-state index contributed by atoms with van der Waals surface area (Å²) in [4.78, 5) is 19.1. The van der Waals surface area contributed by atoms with Crippen LogP contribution in [0.1, 0.15) is 5.56 Å². The van der Waals surface area contributed by atoms with E-state index in [4.69, 9.17) is 0 Å². The van der Waals surface area contributed by atoms with Crippen molar-refractivity contribution in [3.8, 4) is 0 Å². The van der Waals surface area contributed by atoms with Gasteiger partial charge in [0.2, 0.25) is 0 Å². The molecule has 0 radical (unpaired) electrons. The molecule has 0 aliphatic heterocycles. The lowest BCUT2D eigenvalue weighted by Gasteiger charge is -2.05. The Balaban J connectivity index is 2.68. The van der Waals surface area contributed by atoms with Crippen molar-refractivity contribution in [3.05, 3.63) is 56.4 Å². The van der Waals surface area contributed by atoms with Gasteiger partial charge in [-0.05, 0) is 18.6 Å². The number of nitro groups is 2. The molecule has 0 saturated heterocycles. The second-order valence-electron chi connectivity index (χ2n) is 4.06. The van der Waals surface area contributed by atoms with E-state index in [0.29, 0.717) is 15.7 Å². The van der Waals surface area contributed by atoms with Gasteiger partial charge < -0.3 is 0 Å². The number of nitrogens with zero attached hydrogens (tertiary/aromatic N) is 4. The van der Waals surface area contributed by atoms with Crippen LogP contribution in [0.5, 0.6) is 0 Å². The van der Waals surface area contributed by atoms with E-state index in [1.165, 1.54) is 12.4 Å². The Morgan fingerprint density at radius 2 is 1.86 bits per heavy atom. The topological polar surface area (TPSA) is 138 Å². The number of rotatable bonds is 4. The van der Waals surface area contributed by atoms with Gasteiger partial charge in [0.05, 0.1) is 22.1 Å². The van der Waals surface area contributed by atoms with E-state index in [0.717, 1.165) is 12.1 Å². The van der Waals surface area contributed by atoms with Crippen LogP contribution >= 0.6 is 0 Å². The van der Waals surface area contributed by atoms with Gasteiger partial charge in [-0.25, -0.2) is 0 Å². The lowest BCUT2D eigenvalue weighted by Crippen LogP contribution is -2.15. The number of hydrogen-bond acceptors (Lipinski definition) is 7. The van der Waals surface area contributed by atoms with Crippen molar-refractivity contribution >= 4 is 21.4 Å². The van der Waals surface area contributed by atoms with Crippen LogP contribution in [0.4, 0.5) is 11.4 Å². The van der Waals surface area contributed by atoms with Gasteiger partial charge in [0.15, 0.2) is 4.90 Å². The molecule has 0 atom stereocenters. The van der Waals surface area contributed by atoms with Crippen LogP contribution in [-0.4, -0.2) is 27.5 Å². The molecule has 21 heavy (non-hydrogen) atoms. The molecule has 2 aromatic rings. The number of non-ortho nitro benzene ring substituents is 1. The van der Waals surface area contributed by atoms with E-state index in [-0.39, 0.29) is 0 Å². The first-order valence-corrected chi connectivity index (χ1v) is 6.87. The highest BCUT2D eigenvalue weighted by Gasteiger charge is 2.30. The Morgan fingerprint density at radius 1 is 1.19 bits per heavy atom. The Bertz CT molecular complexity index is 841. The zero-order chi connectivity index (χ0) is 15.8. The highest BCUT2D eigenvalue weighted by Crippen LogP contribution is 2.29. The van der Waals surface area contributed by atoms with Gasteiger partial charge in [0.1, 0.15) is 0 Å².